The molecule has 6 nitrogen and oxygen atoms in total. The summed E-state index contributed by atoms with van der Waals surface area (Å²) in [5.74, 6) is -5.97. The predicted molar refractivity (Wildman–Crippen MR) is 97.4 cm³/mol. The molecule has 0 atom stereocenters. The lowest BCUT2D eigenvalue weighted by molar-refractivity contribution is -0.293. The van der Waals surface area contributed by atoms with Gasteiger partial charge in [0.05, 0.1) is 11.9 Å². The number of hydrogen-bond acceptors (Lipinski definition) is 6. The maximum Gasteiger partial charge on any atom is 0.461 e. The predicted octanol–water partition coefficient (Wildman–Crippen LogP) is 4.56. The highest BCUT2D eigenvalue weighted by Crippen LogP contribution is 2.43. The van der Waals surface area contributed by atoms with Crippen LogP contribution in [-0.4, -0.2) is 37.5 Å². The number of aryl methyl sites for hydroxylation is 1. The fraction of sp³-hybridized carbons (Fsp3) is 0.500. The summed E-state index contributed by atoms with van der Waals surface area (Å²) in [6, 6.07) is 1.96. The molecule has 4 rings (SSSR count). The molecule has 13 heteroatoms. The number of aromatic nitrogens is 5. The van der Waals surface area contributed by atoms with Crippen LogP contribution in [-0.2, 0) is 25.4 Å². The van der Waals surface area contributed by atoms with Crippen LogP contribution in [0, 0.1) is 0 Å². The third kappa shape index (κ3) is 3.41. The van der Waals surface area contributed by atoms with Gasteiger partial charge in [-0.15, -0.1) is 21.5 Å². The number of thiophene rings is 1. The fourth-order valence-corrected chi connectivity index (χ4v) is 4.58. The monoisotopic (exact) mass is 452 g/mol. The summed E-state index contributed by atoms with van der Waals surface area (Å²) in [5, 5.41) is 7.50. The van der Waals surface area contributed by atoms with Gasteiger partial charge in [0.1, 0.15) is 10.6 Å². The number of rotatable bonds is 4. The molecular formula is C16H14ClF5N6S. The number of alkyl halides is 5. The average Bonchev–Trinajstić information content (AvgIpc) is 3.23. The zero-order chi connectivity index (χ0) is 21.0. The molecule has 0 spiro atoms. The topological polar surface area (TPSA) is 59.7 Å². The molecular weight excluding hydrogens is 439 g/mol. The molecule has 0 unspecified atom stereocenters. The van der Waals surface area contributed by atoms with Gasteiger partial charge in [-0.1, -0.05) is 13.3 Å². The maximum absolute atomic E-state index is 13.7. The summed E-state index contributed by atoms with van der Waals surface area (Å²) in [5.41, 5.74) is 0. The van der Waals surface area contributed by atoms with E-state index in [1.807, 2.05) is 6.07 Å². The van der Waals surface area contributed by atoms with Crippen molar-refractivity contribution in [3.8, 4) is 0 Å². The molecule has 0 fully saturated rings. The minimum Gasteiger partial charge on any atom is -0.347 e. The van der Waals surface area contributed by atoms with Gasteiger partial charge < -0.3 is 9.47 Å². The Morgan fingerprint density at radius 1 is 1.14 bits per heavy atom. The summed E-state index contributed by atoms with van der Waals surface area (Å²) in [6.45, 7) is 2.03. The van der Waals surface area contributed by atoms with Crippen LogP contribution in [0.25, 0.3) is 10.2 Å². The molecule has 0 amide bonds. The zero-order valence-electron chi connectivity index (χ0n) is 15.0. The van der Waals surface area contributed by atoms with Gasteiger partial charge in [0.25, 0.3) is 0 Å². The summed E-state index contributed by atoms with van der Waals surface area (Å²) < 4.78 is 66.5. The van der Waals surface area contributed by atoms with Crippen LogP contribution in [0.1, 0.15) is 29.9 Å². The van der Waals surface area contributed by atoms with Crippen LogP contribution in [0.5, 0.6) is 0 Å². The smallest absolute Gasteiger partial charge is 0.347 e. The first-order chi connectivity index (χ1) is 13.6. The third-order valence-corrected chi connectivity index (χ3v) is 5.84. The first-order valence-corrected chi connectivity index (χ1v) is 9.89. The van der Waals surface area contributed by atoms with Gasteiger partial charge in [-0.25, -0.2) is 4.98 Å². The van der Waals surface area contributed by atoms with Crippen LogP contribution in [0.2, 0.25) is 5.28 Å². The van der Waals surface area contributed by atoms with Gasteiger partial charge in [-0.05, 0) is 24.1 Å². The number of anilines is 1. The molecule has 1 aliphatic rings. The van der Waals surface area contributed by atoms with Crippen molar-refractivity contribution < 1.29 is 22.0 Å². The van der Waals surface area contributed by atoms with Crippen molar-refractivity contribution >= 4 is 39.0 Å². The molecule has 156 valence electrons. The molecule has 0 aromatic carbocycles. The van der Waals surface area contributed by atoms with Crippen molar-refractivity contribution in [3.63, 3.8) is 0 Å². The standard InChI is InChI=1S/C16H14ClF5N6S/c1-2-3-8-6-9-11(23-14(17)24-12(9)29-8)27-4-5-28-10(7-27)25-26-13(28)15(18,19)16(20,21)22/h6H,2-5,7H2,1H3. The Balaban J connectivity index is 1.70. The van der Waals surface area contributed by atoms with E-state index in [1.165, 1.54) is 11.3 Å². The first-order valence-electron chi connectivity index (χ1n) is 8.69. The van der Waals surface area contributed by atoms with Crippen LogP contribution in [0.4, 0.5) is 27.8 Å². The Bertz CT molecular complexity index is 1060. The molecule has 0 aliphatic carbocycles. The Kier molecular flexibility index (Phi) is 4.88. The highest BCUT2D eigenvalue weighted by Gasteiger charge is 2.62. The van der Waals surface area contributed by atoms with E-state index in [0.29, 0.717) is 10.6 Å². The molecule has 29 heavy (non-hydrogen) atoms. The lowest BCUT2D eigenvalue weighted by atomic mass is 10.2. The van der Waals surface area contributed by atoms with Gasteiger partial charge >= 0.3 is 12.1 Å². The first kappa shape index (κ1) is 20.2. The van der Waals surface area contributed by atoms with Crippen LogP contribution in [0.15, 0.2) is 6.07 Å². The molecule has 0 saturated heterocycles. The summed E-state index contributed by atoms with van der Waals surface area (Å²) in [4.78, 5) is 12.0. The lowest BCUT2D eigenvalue weighted by Crippen LogP contribution is -2.40. The molecule has 4 heterocycles. The van der Waals surface area contributed by atoms with Gasteiger partial charge in [0.15, 0.2) is 5.82 Å². The van der Waals surface area contributed by atoms with E-state index in [0.717, 1.165) is 27.7 Å². The Hall–Kier alpha value is -2.08. The number of nitrogens with zero attached hydrogens (tertiary/aromatic N) is 6. The van der Waals surface area contributed by atoms with E-state index < -0.39 is 17.9 Å². The second-order valence-electron chi connectivity index (χ2n) is 6.58. The largest absolute Gasteiger partial charge is 0.461 e. The van der Waals surface area contributed by atoms with Gasteiger partial charge in [0, 0.05) is 18.0 Å². The molecule has 3 aromatic heterocycles. The average molecular weight is 453 g/mol. The molecule has 1 aliphatic heterocycles. The molecule has 0 radical (unpaired) electrons. The van der Waals surface area contributed by atoms with E-state index in [1.54, 1.807) is 4.90 Å². The normalized spacial score (nSPS) is 15.2. The molecule has 3 aromatic rings. The second kappa shape index (κ2) is 7.01. The van der Waals surface area contributed by atoms with Gasteiger partial charge in [-0.2, -0.15) is 26.9 Å². The zero-order valence-corrected chi connectivity index (χ0v) is 16.5. The van der Waals surface area contributed by atoms with Crippen molar-refractivity contribution in [1.82, 2.24) is 24.7 Å². The van der Waals surface area contributed by atoms with Gasteiger partial charge in [-0.3, -0.25) is 0 Å². The number of fused-ring (bicyclic) bond motifs is 2. The van der Waals surface area contributed by atoms with Crippen molar-refractivity contribution in [2.24, 2.45) is 0 Å². The molecule has 0 bridgehead atoms. The van der Waals surface area contributed by atoms with E-state index in [9.17, 15) is 22.0 Å². The third-order valence-electron chi connectivity index (χ3n) is 4.58. The summed E-state index contributed by atoms with van der Waals surface area (Å²) in [7, 11) is 0. The van der Waals surface area contributed by atoms with E-state index >= 15 is 0 Å². The fourth-order valence-electron chi connectivity index (χ4n) is 3.24. The van der Waals surface area contributed by atoms with E-state index in [4.69, 9.17) is 11.6 Å². The highest BCUT2D eigenvalue weighted by molar-refractivity contribution is 7.18. The van der Waals surface area contributed by atoms with E-state index in [-0.39, 0.29) is 30.7 Å². The van der Waals surface area contributed by atoms with Crippen molar-refractivity contribution in [2.75, 3.05) is 11.4 Å². The minimum absolute atomic E-state index is 0.00192. The lowest BCUT2D eigenvalue weighted by Gasteiger charge is -2.30. The van der Waals surface area contributed by atoms with E-state index in [2.05, 4.69) is 27.1 Å². The SMILES string of the molecule is CCCc1cc2c(N3CCn4c(nnc4C(F)(F)C(F)(F)F)C3)nc(Cl)nc2s1. The second-order valence-corrected chi connectivity index (χ2v) is 8.04. The molecule has 0 saturated carbocycles. The van der Waals surface area contributed by atoms with Crippen LogP contribution >= 0.6 is 22.9 Å². The maximum atomic E-state index is 13.7. The highest BCUT2D eigenvalue weighted by atomic mass is 35.5. The number of hydrogen-bond donors (Lipinski definition) is 0. The Morgan fingerprint density at radius 2 is 1.90 bits per heavy atom. The van der Waals surface area contributed by atoms with Crippen molar-refractivity contribution in [2.45, 2.75) is 45.0 Å². The van der Waals surface area contributed by atoms with Crippen LogP contribution in [0.3, 0.4) is 0 Å². The van der Waals surface area contributed by atoms with Crippen LogP contribution < -0.4 is 4.90 Å². The van der Waals surface area contributed by atoms with Crippen molar-refractivity contribution in [3.05, 3.63) is 27.9 Å². The summed E-state index contributed by atoms with van der Waals surface area (Å²) in [6.07, 6.45) is -3.93. The quantitative estimate of drug-likeness (QED) is 0.429. The summed E-state index contributed by atoms with van der Waals surface area (Å²) >= 11 is 7.53. The Morgan fingerprint density at radius 3 is 2.59 bits per heavy atom. The van der Waals surface area contributed by atoms with Gasteiger partial charge in [0.2, 0.25) is 11.1 Å². The molecule has 0 N–H and O–H groups in total. The number of halogens is 6. The minimum atomic E-state index is -5.74. The Labute approximate surface area is 170 Å². The van der Waals surface area contributed by atoms with Crippen molar-refractivity contribution in [1.29, 1.82) is 0 Å².